The first kappa shape index (κ1) is 19.4. The number of carboxylic acids is 1. The highest BCUT2D eigenvalue weighted by molar-refractivity contribution is 5.89. The third kappa shape index (κ3) is 3.46. The average molecular weight is 386 g/mol. The molecule has 1 aliphatic carbocycles. The van der Waals surface area contributed by atoms with E-state index in [0.717, 1.165) is 22.4 Å². The van der Waals surface area contributed by atoms with Gasteiger partial charge < -0.3 is 5.11 Å². The minimum Gasteiger partial charge on any atom is -0.478 e. The summed E-state index contributed by atoms with van der Waals surface area (Å²) in [6, 6.07) is 17.8. The van der Waals surface area contributed by atoms with Crippen molar-refractivity contribution in [3.8, 4) is 22.4 Å². The van der Waals surface area contributed by atoms with E-state index in [9.17, 15) is 4.79 Å². The molecule has 0 saturated heterocycles. The van der Waals surface area contributed by atoms with Crippen molar-refractivity contribution in [1.29, 1.82) is 0 Å². The van der Waals surface area contributed by atoms with Gasteiger partial charge in [-0.05, 0) is 58.6 Å². The molecule has 0 saturated carbocycles. The number of pyridine rings is 1. The summed E-state index contributed by atoms with van der Waals surface area (Å²) in [4.78, 5) is 15.8. The standard InChI is InChI=1S/C26H27NO2/c1-25(2)13-14-26(3,4)22-16-19(11-12-21(22)25)20-6-5-15-27-23(20)17-7-9-18(10-8-17)24(28)29/h5-12,15-16H,13-14H2,1-4H3,(H,28,29). The van der Waals surface area contributed by atoms with E-state index in [4.69, 9.17) is 5.11 Å². The van der Waals surface area contributed by atoms with E-state index >= 15 is 0 Å². The molecule has 0 unspecified atom stereocenters. The Hall–Kier alpha value is -2.94. The topological polar surface area (TPSA) is 50.2 Å². The van der Waals surface area contributed by atoms with Crippen LogP contribution in [0.1, 0.15) is 62.0 Å². The van der Waals surface area contributed by atoms with Crippen molar-refractivity contribution >= 4 is 5.97 Å². The zero-order chi connectivity index (χ0) is 20.8. The van der Waals surface area contributed by atoms with Gasteiger partial charge in [0.25, 0.3) is 0 Å². The third-order valence-electron chi connectivity index (χ3n) is 6.38. The van der Waals surface area contributed by atoms with Crippen molar-refractivity contribution < 1.29 is 9.90 Å². The number of aromatic nitrogens is 1. The highest BCUT2D eigenvalue weighted by atomic mass is 16.4. The number of aromatic carboxylic acids is 1. The molecule has 148 valence electrons. The van der Waals surface area contributed by atoms with E-state index in [0.29, 0.717) is 0 Å². The zero-order valence-corrected chi connectivity index (χ0v) is 17.5. The van der Waals surface area contributed by atoms with Crippen LogP contribution in [0.2, 0.25) is 0 Å². The number of fused-ring (bicyclic) bond motifs is 1. The molecule has 0 fully saturated rings. The number of nitrogens with zero attached hydrogens (tertiary/aromatic N) is 1. The molecule has 0 aliphatic heterocycles. The van der Waals surface area contributed by atoms with Gasteiger partial charge >= 0.3 is 5.97 Å². The van der Waals surface area contributed by atoms with Gasteiger partial charge in [-0.2, -0.15) is 0 Å². The molecule has 1 N–H and O–H groups in total. The van der Waals surface area contributed by atoms with Gasteiger partial charge in [0.2, 0.25) is 0 Å². The number of rotatable bonds is 3. The number of carbonyl (C=O) groups is 1. The lowest BCUT2D eigenvalue weighted by Gasteiger charge is -2.42. The van der Waals surface area contributed by atoms with Crippen LogP contribution in [0.3, 0.4) is 0 Å². The van der Waals surface area contributed by atoms with Crippen molar-refractivity contribution in [2.45, 2.75) is 51.4 Å². The Morgan fingerprint density at radius 2 is 1.48 bits per heavy atom. The van der Waals surface area contributed by atoms with Crippen LogP contribution in [0.5, 0.6) is 0 Å². The molecule has 29 heavy (non-hydrogen) atoms. The number of benzene rings is 2. The van der Waals surface area contributed by atoms with E-state index < -0.39 is 5.97 Å². The van der Waals surface area contributed by atoms with E-state index in [1.54, 1.807) is 18.3 Å². The second-order valence-corrected chi connectivity index (χ2v) is 9.31. The van der Waals surface area contributed by atoms with Gasteiger partial charge in [-0.1, -0.05) is 64.1 Å². The fourth-order valence-electron chi connectivity index (χ4n) is 4.40. The van der Waals surface area contributed by atoms with Crippen LogP contribution >= 0.6 is 0 Å². The number of hydrogen-bond donors (Lipinski definition) is 1. The van der Waals surface area contributed by atoms with Gasteiger partial charge in [-0.25, -0.2) is 4.79 Å². The normalized spacial score (nSPS) is 16.8. The quantitative estimate of drug-likeness (QED) is 0.562. The average Bonchev–Trinajstić information content (AvgIpc) is 2.71. The largest absolute Gasteiger partial charge is 0.478 e. The summed E-state index contributed by atoms with van der Waals surface area (Å²) in [6.45, 7) is 9.33. The van der Waals surface area contributed by atoms with Crippen molar-refractivity contribution in [1.82, 2.24) is 4.98 Å². The molecule has 1 heterocycles. The van der Waals surface area contributed by atoms with Crippen LogP contribution in [0.15, 0.2) is 60.8 Å². The van der Waals surface area contributed by atoms with Gasteiger partial charge in [-0.15, -0.1) is 0 Å². The van der Waals surface area contributed by atoms with Crippen molar-refractivity contribution in [3.05, 3.63) is 77.5 Å². The lowest BCUT2D eigenvalue weighted by molar-refractivity contribution is 0.0697. The molecule has 0 bridgehead atoms. The van der Waals surface area contributed by atoms with E-state index in [-0.39, 0.29) is 16.4 Å². The predicted octanol–water partition coefficient (Wildman–Crippen LogP) is 6.46. The molecular weight excluding hydrogens is 358 g/mol. The van der Waals surface area contributed by atoms with Crippen LogP contribution in [-0.4, -0.2) is 16.1 Å². The second kappa shape index (κ2) is 6.84. The molecule has 0 radical (unpaired) electrons. The van der Waals surface area contributed by atoms with Gasteiger partial charge in [-0.3, -0.25) is 4.98 Å². The Kier molecular flexibility index (Phi) is 4.57. The smallest absolute Gasteiger partial charge is 0.335 e. The fourth-order valence-corrected chi connectivity index (χ4v) is 4.40. The summed E-state index contributed by atoms with van der Waals surface area (Å²) < 4.78 is 0. The maximum atomic E-state index is 11.2. The monoisotopic (exact) mass is 385 g/mol. The zero-order valence-electron chi connectivity index (χ0n) is 17.5. The Morgan fingerprint density at radius 1 is 0.862 bits per heavy atom. The fraction of sp³-hybridized carbons (Fsp3) is 0.308. The van der Waals surface area contributed by atoms with Gasteiger partial charge in [0.15, 0.2) is 0 Å². The Balaban J connectivity index is 1.84. The highest BCUT2D eigenvalue weighted by Gasteiger charge is 2.37. The lowest BCUT2D eigenvalue weighted by Crippen LogP contribution is -2.33. The van der Waals surface area contributed by atoms with E-state index in [1.807, 2.05) is 18.2 Å². The van der Waals surface area contributed by atoms with Crippen LogP contribution in [0.25, 0.3) is 22.4 Å². The van der Waals surface area contributed by atoms with E-state index in [1.165, 1.54) is 24.0 Å². The number of hydrogen-bond acceptors (Lipinski definition) is 2. The molecule has 4 rings (SSSR count). The second-order valence-electron chi connectivity index (χ2n) is 9.31. The molecule has 1 aromatic heterocycles. The first-order chi connectivity index (χ1) is 13.7. The summed E-state index contributed by atoms with van der Waals surface area (Å²) in [6.07, 6.45) is 4.16. The minimum atomic E-state index is -0.919. The summed E-state index contributed by atoms with van der Waals surface area (Å²) in [5.41, 5.74) is 7.48. The molecule has 3 heteroatoms. The van der Waals surface area contributed by atoms with Crippen LogP contribution < -0.4 is 0 Å². The summed E-state index contributed by atoms with van der Waals surface area (Å²) in [7, 11) is 0. The van der Waals surface area contributed by atoms with Crippen LogP contribution in [0.4, 0.5) is 0 Å². The minimum absolute atomic E-state index is 0.145. The van der Waals surface area contributed by atoms with Crippen molar-refractivity contribution in [3.63, 3.8) is 0 Å². The van der Waals surface area contributed by atoms with Crippen molar-refractivity contribution in [2.24, 2.45) is 0 Å². The summed E-state index contributed by atoms with van der Waals surface area (Å²) in [5.74, 6) is -0.919. The van der Waals surface area contributed by atoms with Gasteiger partial charge in [0, 0.05) is 17.3 Å². The molecule has 3 aromatic rings. The SMILES string of the molecule is CC1(C)CCC(C)(C)c2cc(-c3cccnc3-c3ccc(C(=O)O)cc3)ccc21. The molecule has 0 spiro atoms. The molecule has 2 aromatic carbocycles. The first-order valence-electron chi connectivity index (χ1n) is 10.1. The Morgan fingerprint density at radius 3 is 2.14 bits per heavy atom. The Bertz CT molecular complexity index is 1080. The first-order valence-corrected chi connectivity index (χ1v) is 10.1. The molecule has 0 atom stereocenters. The van der Waals surface area contributed by atoms with Crippen LogP contribution in [0, 0.1) is 0 Å². The third-order valence-corrected chi connectivity index (χ3v) is 6.38. The Labute approximate surface area is 172 Å². The maximum absolute atomic E-state index is 11.2. The van der Waals surface area contributed by atoms with Crippen LogP contribution in [-0.2, 0) is 10.8 Å². The van der Waals surface area contributed by atoms with Crippen molar-refractivity contribution in [2.75, 3.05) is 0 Å². The molecule has 0 amide bonds. The van der Waals surface area contributed by atoms with Gasteiger partial charge in [0.1, 0.15) is 0 Å². The molecular formula is C26H27NO2. The van der Waals surface area contributed by atoms with Gasteiger partial charge in [0.05, 0.1) is 11.3 Å². The summed E-state index contributed by atoms with van der Waals surface area (Å²) in [5, 5.41) is 9.17. The number of carboxylic acid groups (broad SMARTS) is 1. The molecule has 3 nitrogen and oxygen atoms in total. The lowest BCUT2D eigenvalue weighted by atomic mass is 9.63. The predicted molar refractivity (Wildman–Crippen MR) is 117 cm³/mol. The van der Waals surface area contributed by atoms with E-state index in [2.05, 4.69) is 56.9 Å². The molecule has 1 aliphatic rings. The summed E-state index contributed by atoms with van der Waals surface area (Å²) >= 11 is 0. The maximum Gasteiger partial charge on any atom is 0.335 e. The highest BCUT2D eigenvalue weighted by Crippen LogP contribution is 2.47.